The molecule has 26 heavy (non-hydrogen) atoms. The van der Waals surface area contributed by atoms with Gasteiger partial charge < -0.3 is 15.2 Å². The Bertz CT molecular complexity index is 974. The van der Waals surface area contributed by atoms with Crippen LogP contribution in [0.1, 0.15) is 16.2 Å². The van der Waals surface area contributed by atoms with E-state index in [1.165, 1.54) is 18.3 Å². The molecule has 0 aliphatic heterocycles. The number of nitriles is 1. The fourth-order valence-electron chi connectivity index (χ4n) is 2.03. The molecule has 128 valence electrons. The van der Waals surface area contributed by atoms with Crippen molar-refractivity contribution in [1.82, 2.24) is 20.6 Å². The highest BCUT2D eigenvalue weighted by Gasteiger charge is 2.06. The van der Waals surface area contributed by atoms with Crippen LogP contribution in [0.2, 0.25) is 0 Å². The standard InChI is InChI=1S/C17H12N6O3/c18-9-12(16-20-22-23-21-16)10-19-13-4-6-14(7-5-13)26-15-3-1-2-11(8-15)17(24)25/h1-8,10,19H,(H,24,25)(H,20,21,22,23). The number of H-pyrrole nitrogens is 1. The fourth-order valence-corrected chi connectivity index (χ4v) is 2.03. The van der Waals surface area contributed by atoms with Crippen LogP contribution in [-0.2, 0) is 0 Å². The zero-order valence-electron chi connectivity index (χ0n) is 13.2. The van der Waals surface area contributed by atoms with E-state index in [4.69, 9.17) is 15.1 Å². The number of benzene rings is 2. The third-order valence-electron chi connectivity index (χ3n) is 3.26. The molecule has 0 saturated carbocycles. The number of nitrogens with one attached hydrogen (secondary N) is 2. The normalized spacial score (nSPS) is 10.8. The van der Waals surface area contributed by atoms with Crippen LogP contribution in [0.5, 0.6) is 11.5 Å². The summed E-state index contributed by atoms with van der Waals surface area (Å²) in [5, 5.41) is 34.2. The van der Waals surface area contributed by atoms with Gasteiger partial charge in [-0.2, -0.15) is 10.5 Å². The summed E-state index contributed by atoms with van der Waals surface area (Å²) in [6.07, 6.45) is 1.47. The molecule has 3 N–H and O–H groups in total. The van der Waals surface area contributed by atoms with E-state index in [1.807, 2.05) is 6.07 Å². The quantitative estimate of drug-likeness (QED) is 0.578. The van der Waals surface area contributed by atoms with E-state index in [0.717, 1.165) is 0 Å². The van der Waals surface area contributed by atoms with Crippen LogP contribution < -0.4 is 10.1 Å². The van der Waals surface area contributed by atoms with E-state index in [1.54, 1.807) is 36.4 Å². The lowest BCUT2D eigenvalue weighted by Crippen LogP contribution is -1.96. The third-order valence-corrected chi connectivity index (χ3v) is 3.26. The SMILES string of the molecule is N#CC(=CNc1ccc(Oc2cccc(C(=O)O)c2)cc1)c1nn[nH]n1. The van der Waals surface area contributed by atoms with Gasteiger partial charge in [0.15, 0.2) is 0 Å². The smallest absolute Gasteiger partial charge is 0.335 e. The first-order valence-electron chi connectivity index (χ1n) is 7.37. The number of aromatic nitrogens is 4. The Morgan fingerprint density at radius 3 is 2.69 bits per heavy atom. The third kappa shape index (κ3) is 4.01. The Balaban J connectivity index is 1.68. The summed E-state index contributed by atoms with van der Waals surface area (Å²) >= 11 is 0. The molecule has 3 rings (SSSR count). The van der Waals surface area contributed by atoms with Crippen LogP contribution in [0.4, 0.5) is 5.69 Å². The monoisotopic (exact) mass is 348 g/mol. The molecule has 9 nitrogen and oxygen atoms in total. The van der Waals surface area contributed by atoms with Gasteiger partial charge in [-0.1, -0.05) is 6.07 Å². The number of aromatic carboxylic acids is 1. The van der Waals surface area contributed by atoms with Crippen LogP contribution in [0.25, 0.3) is 5.57 Å². The van der Waals surface area contributed by atoms with Gasteiger partial charge >= 0.3 is 5.97 Å². The summed E-state index contributed by atoms with van der Waals surface area (Å²) < 4.78 is 5.64. The van der Waals surface area contributed by atoms with E-state index in [-0.39, 0.29) is 17.0 Å². The topological polar surface area (TPSA) is 137 Å². The minimum Gasteiger partial charge on any atom is -0.478 e. The molecule has 1 aromatic heterocycles. The van der Waals surface area contributed by atoms with Gasteiger partial charge in [0.05, 0.1) is 5.56 Å². The number of carboxylic acid groups (broad SMARTS) is 1. The largest absolute Gasteiger partial charge is 0.478 e. The van der Waals surface area contributed by atoms with Crippen molar-refractivity contribution in [3.63, 3.8) is 0 Å². The van der Waals surface area contributed by atoms with Gasteiger partial charge in [-0.3, -0.25) is 0 Å². The lowest BCUT2D eigenvalue weighted by molar-refractivity contribution is 0.0696. The minimum absolute atomic E-state index is 0.149. The van der Waals surface area contributed by atoms with Gasteiger partial charge in [0.25, 0.3) is 0 Å². The van der Waals surface area contributed by atoms with Crippen molar-refractivity contribution < 1.29 is 14.6 Å². The average Bonchev–Trinajstić information content (AvgIpc) is 3.18. The fraction of sp³-hybridized carbons (Fsp3) is 0. The van der Waals surface area contributed by atoms with Crippen LogP contribution in [0.3, 0.4) is 0 Å². The summed E-state index contributed by atoms with van der Waals surface area (Å²) in [7, 11) is 0. The number of hydrogen-bond acceptors (Lipinski definition) is 7. The first-order valence-corrected chi connectivity index (χ1v) is 7.37. The van der Waals surface area contributed by atoms with Crippen LogP contribution in [-0.4, -0.2) is 31.7 Å². The van der Waals surface area contributed by atoms with Crippen molar-refractivity contribution in [1.29, 1.82) is 5.26 Å². The van der Waals surface area contributed by atoms with Crippen molar-refractivity contribution >= 4 is 17.2 Å². The number of carboxylic acids is 1. The summed E-state index contributed by atoms with van der Waals surface area (Å²) in [4.78, 5) is 11.0. The molecule has 0 amide bonds. The Morgan fingerprint density at radius 1 is 1.23 bits per heavy atom. The van der Waals surface area contributed by atoms with Crippen molar-refractivity contribution in [3.8, 4) is 17.6 Å². The van der Waals surface area contributed by atoms with Crippen molar-refractivity contribution in [2.45, 2.75) is 0 Å². The minimum atomic E-state index is -1.02. The number of tetrazole rings is 1. The molecule has 1 heterocycles. The second-order valence-corrected chi connectivity index (χ2v) is 5.01. The van der Waals surface area contributed by atoms with Crippen LogP contribution >= 0.6 is 0 Å². The highest BCUT2D eigenvalue weighted by atomic mass is 16.5. The molecule has 0 radical (unpaired) electrons. The average molecular weight is 348 g/mol. The molecule has 0 atom stereocenters. The molecular formula is C17H12N6O3. The van der Waals surface area contributed by atoms with Gasteiger partial charge in [-0.25, -0.2) is 4.79 Å². The molecule has 0 fully saturated rings. The molecule has 0 unspecified atom stereocenters. The Hall–Kier alpha value is -4.19. The molecule has 0 bridgehead atoms. The molecule has 0 spiro atoms. The maximum absolute atomic E-state index is 11.0. The zero-order valence-corrected chi connectivity index (χ0v) is 13.2. The molecule has 2 aromatic carbocycles. The summed E-state index contributed by atoms with van der Waals surface area (Å²) in [6.45, 7) is 0. The molecule has 9 heteroatoms. The Kier molecular flexibility index (Phi) is 4.86. The summed E-state index contributed by atoms with van der Waals surface area (Å²) in [5.74, 6) is 0.144. The molecule has 0 aliphatic carbocycles. The highest BCUT2D eigenvalue weighted by Crippen LogP contribution is 2.24. The van der Waals surface area contributed by atoms with Crippen molar-refractivity contribution in [2.75, 3.05) is 5.32 Å². The number of hydrogen-bond donors (Lipinski definition) is 3. The van der Waals surface area contributed by atoms with Crippen molar-refractivity contribution in [3.05, 3.63) is 66.1 Å². The molecule has 0 saturated heterocycles. The van der Waals surface area contributed by atoms with Crippen molar-refractivity contribution in [2.24, 2.45) is 0 Å². The summed E-state index contributed by atoms with van der Waals surface area (Å²) in [5.41, 5.74) is 1.09. The number of allylic oxidation sites excluding steroid dienone is 1. The second kappa shape index (κ2) is 7.59. The summed E-state index contributed by atoms with van der Waals surface area (Å²) in [6, 6.07) is 15.1. The van der Waals surface area contributed by atoms with Gasteiger partial charge in [-0.05, 0) is 47.7 Å². The number of carbonyl (C=O) groups is 1. The Morgan fingerprint density at radius 2 is 2.04 bits per heavy atom. The first kappa shape index (κ1) is 16.7. The second-order valence-electron chi connectivity index (χ2n) is 5.01. The van der Waals surface area contributed by atoms with E-state index in [2.05, 4.69) is 25.9 Å². The molecule has 0 aliphatic rings. The lowest BCUT2D eigenvalue weighted by Gasteiger charge is -2.07. The van der Waals surface area contributed by atoms with E-state index >= 15 is 0 Å². The maximum Gasteiger partial charge on any atom is 0.335 e. The molecular weight excluding hydrogens is 336 g/mol. The predicted molar refractivity (Wildman–Crippen MR) is 91.3 cm³/mol. The number of ether oxygens (including phenoxy) is 1. The maximum atomic E-state index is 11.0. The number of nitrogens with zero attached hydrogens (tertiary/aromatic N) is 4. The predicted octanol–water partition coefficient (Wildman–Crippen LogP) is 2.67. The molecule has 3 aromatic rings. The lowest BCUT2D eigenvalue weighted by atomic mass is 10.2. The van der Waals surface area contributed by atoms with Gasteiger partial charge in [0, 0.05) is 11.9 Å². The van der Waals surface area contributed by atoms with Gasteiger partial charge in [-0.15, -0.1) is 10.2 Å². The van der Waals surface area contributed by atoms with Gasteiger partial charge in [0.1, 0.15) is 23.1 Å². The number of aromatic amines is 1. The van der Waals surface area contributed by atoms with E-state index in [0.29, 0.717) is 17.2 Å². The zero-order chi connectivity index (χ0) is 18.4. The number of rotatable bonds is 6. The van der Waals surface area contributed by atoms with Gasteiger partial charge in [0.2, 0.25) is 5.82 Å². The van der Waals surface area contributed by atoms with Crippen LogP contribution in [0, 0.1) is 11.3 Å². The first-order chi connectivity index (χ1) is 12.7. The Labute approximate surface area is 147 Å². The van der Waals surface area contributed by atoms with E-state index < -0.39 is 5.97 Å². The highest BCUT2D eigenvalue weighted by molar-refractivity contribution is 5.88. The van der Waals surface area contributed by atoms with Crippen LogP contribution in [0.15, 0.2) is 54.7 Å². The number of anilines is 1. The van der Waals surface area contributed by atoms with E-state index in [9.17, 15) is 4.79 Å².